The number of methoxy groups -OCH3 is 1. The summed E-state index contributed by atoms with van der Waals surface area (Å²) < 4.78 is 4.76. The molecule has 1 atom stereocenters. The van der Waals surface area contributed by atoms with Gasteiger partial charge in [-0.05, 0) is 6.42 Å². The molecule has 1 rings (SSSR count). The Kier molecular flexibility index (Phi) is 5.05. The van der Waals surface area contributed by atoms with Crippen molar-refractivity contribution >= 4 is 17.7 Å². The SMILES string of the molecule is COCCNC(=O)CN1C(=O)CCC(N)C1=O. The molecule has 7 heteroatoms. The van der Waals surface area contributed by atoms with Crippen molar-refractivity contribution in [1.29, 1.82) is 0 Å². The van der Waals surface area contributed by atoms with Crippen LogP contribution in [0.25, 0.3) is 0 Å². The molecule has 1 heterocycles. The lowest BCUT2D eigenvalue weighted by atomic mass is 10.1. The highest BCUT2D eigenvalue weighted by atomic mass is 16.5. The van der Waals surface area contributed by atoms with Gasteiger partial charge in [-0.15, -0.1) is 0 Å². The molecule has 1 saturated heterocycles. The van der Waals surface area contributed by atoms with E-state index in [-0.39, 0.29) is 18.9 Å². The average molecular weight is 243 g/mol. The number of imide groups is 1. The zero-order valence-corrected chi connectivity index (χ0v) is 9.77. The Morgan fingerprint density at radius 3 is 2.94 bits per heavy atom. The monoisotopic (exact) mass is 243 g/mol. The second-order valence-electron chi connectivity index (χ2n) is 3.81. The van der Waals surface area contributed by atoms with Crippen LogP contribution in [-0.2, 0) is 19.1 Å². The summed E-state index contributed by atoms with van der Waals surface area (Å²) in [6.07, 6.45) is 0.553. The molecular weight excluding hydrogens is 226 g/mol. The number of hydrogen-bond donors (Lipinski definition) is 2. The maximum absolute atomic E-state index is 11.6. The molecule has 3 N–H and O–H groups in total. The van der Waals surface area contributed by atoms with Crippen molar-refractivity contribution < 1.29 is 19.1 Å². The molecular formula is C10H17N3O4. The van der Waals surface area contributed by atoms with Crippen LogP contribution >= 0.6 is 0 Å². The van der Waals surface area contributed by atoms with Crippen LogP contribution in [0.2, 0.25) is 0 Å². The van der Waals surface area contributed by atoms with Crippen LogP contribution in [0, 0.1) is 0 Å². The van der Waals surface area contributed by atoms with Gasteiger partial charge in [-0.2, -0.15) is 0 Å². The molecule has 7 nitrogen and oxygen atoms in total. The summed E-state index contributed by atoms with van der Waals surface area (Å²) in [5, 5.41) is 2.54. The van der Waals surface area contributed by atoms with E-state index in [1.807, 2.05) is 0 Å². The maximum Gasteiger partial charge on any atom is 0.246 e. The van der Waals surface area contributed by atoms with E-state index < -0.39 is 17.9 Å². The van der Waals surface area contributed by atoms with Gasteiger partial charge in [0.15, 0.2) is 0 Å². The molecule has 96 valence electrons. The van der Waals surface area contributed by atoms with E-state index in [1.54, 1.807) is 0 Å². The number of likely N-dealkylation sites (tertiary alicyclic amines) is 1. The minimum absolute atomic E-state index is 0.207. The van der Waals surface area contributed by atoms with Gasteiger partial charge in [-0.25, -0.2) is 0 Å². The van der Waals surface area contributed by atoms with E-state index in [4.69, 9.17) is 10.5 Å². The van der Waals surface area contributed by atoms with Gasteiger partial charge >= 0.3 is 0 Å². The molecule has 0 aromatic rings. The van der Waals surface area contributed by atoms with Crippen molar-refractivity contribution in [1.82, 2.24) is 10.2 Å². The molecule has 0 radical (unpaired) electrons. The molecule has 3 amide bonds. The molecule has 0 aromatic heterocycles. The van der Waals surface area contributed by atoms with Crippen molar-refractivity contribution in [3.63, 3.8) is 0 Å². The predicted molar refractivity (Wildman–Crippen MR) is 58.8 cm³/mol. The third-order valence-corrected chi connectivity index (χ3v) is 2.48. The van der Waals surface area contributed by atoms with Gasteiger partial charge in [0, 0.05) is 20.1 Å². The molecule has 1 unspecified atom stereocenters. The molecule has 17 heavy (non-hydrogen) atoms. The minimum atomic E-state index is -0.681. The van der Waals surface area contributed by atoms with Gasteiger partial charge in [0.1, 0.15) is 6.54 Å². The van der Waals surface area contributed by atoms with Crippen LogP contribution < -0.4 is 11.1 Å². The number of carbonyl (C=O) groups is 3. The highest BCUT2D eigenvalue weighted by Gasteiger charge is 2.32. The molecule has 0 bridgehead atoms. The van der Waals surface area contributed by atoms with Gasteiger partial charge in [0.05, 0.1) is 12.6 Å². The first kappa shape index (κ1) is 13.6. The van der Waals surface area contributed by atoms with Gasteiger partial charge in [0.25, 0.3) is 0 Å². The first-order valence-corrected chi connectivity index (χ1v) is 5.41. The predicted octanol–water partition coefficient (Wildman–Crippen LogP) is -1.77. The lowest BCUT2D eigenvalue weighted by molar-refractivity contribution is -0.151. The summed E-state index contributed by atoms with van der Waals surface area (Å²) in [5.41, 5.74) is 5.53. The van der Waals surface area contributed by atoms with Crippen molar-refractivity contribution in [2.75, 3.05) is 26.8 Å². The second-order valence-corrected chi connectivity index (χ2v) is 3.81. The Labute approximate surface area is 99.3 Å². The molecule has 1 fully saturated rings. The zero-order chi connectivity index (χ0) is 12.8. The Hall–Kier alpha value is -1.47. The minimum Gasteiger partial charge on any atom is -0.383 e. The van der Waals surface area contributed by atoms with Crippen LogP contribution in [-0.4, -0.2) is 55.5 Å². The number of hydrogen-bond acceptors (Lipinski definition) is 5. The molecule has 0 aromatic carbocycles. The maximum atomic E-state index is 11.6. The fourth-order valence-electron chi connectivity index (χ4n) is 1.52. The van der Waals surface area contributed by atoms with Crippen LogP contribution in [0.1, 0.15) is 12.8 Å². The van der Waals surface area contributed by atoms with Gasteiger partial charge in [0.2, 0.25) is 17.7 Å². The summed E-state index contributed by atoms with van der Waals surface area (Å²) in [6, 6.07) is -0.681. The van der Waals surface area contributed by atoms with Crippen molar-refractivity contribution in [2.24, 2.45) is 5.73 Å². The Bertz CT molecular complexity index is 319. The van der Waals surface area contributed by atoms with E-state index in [2.05, 4.69) is 5.32 Å². The smallest absolute Gasteiger partial charge is 0.246 e. The van der Waals surface area contributed by atoms with Gasteiger partial charge < -0.3 is 15.8 Å². The Balaban J connectivity index is 2.45. The summed E-state index contributed by atoms with van der Waals surface area (Å²) in [4.78, 5) is 35.4. The number of nitrogens with zero attached hydrogens (tertiary/aromatic N) is 1. The van der Waals surface area contributed by atoms with E-state index >= 15 is 0 Å². The van der Waals surface area contributed by atoms with E-state index in [1.165, 1.54) is 7.11 Å². The number of ether oxygens (including phenoxy) is 1. The fraction of sp³-hybridized carbons (Fsp3) is 0.700. The van der Waals surface area contributed by atoms with E-state index in [9.17, 15) is 14.4 Å². The van der Waals surface area contributed by atoms with Crippen molar-refractivity contribution in [3.8, 4) is 0 Å². The first-order chi connectivity index (χ1) is 8.06. The summed E-state index contributed by atoms with van der Waals surface area (Å²) in [5.74, 6) is -1.22. The number of amides is 3. The largest absolute Gasteiger partial charge is 0.383 e. The molecule has 1 aliphatic rings. The molecule has 1 aliphatic heterocycles. The molecule has 0 aliphatic carbocycles. The number of nitrogens with two attached hydrogens (primary N) is 1. The van der Waals surface area contributed by atoms with E-state index in [0.29, 0.717) is 19.6 Å². The zero-order valence-electron chi connectivity index (χ0n) is 9.77. The number of carbonyl (C=O) groups excluding carboxylic acids is 3. The Morgan fingerprint density at radius 1 is 1.59 bits per heavy atom. The van der Waals surface area contributed by atoms with Crippen LogP contribution in [0.5, 0.6) is 0 Å². The topological polar surface area (TPSA) is 102 Å². The number of rotatable bonds is 5. The normalized spacial score (nSPS) is 20.6. The van der Waals surface area contributed by atoms with Gasteiger partial charge in [-0.3, -0.25) is 19.3 Å². The fourth-order valence-corrected chi connectivity index (χ4v) is 1.52. The first-order valence-electron chi connectivity index (χ1n) is 5.41. The quantitative estimate of drug-likeness (QED) is 0.439. The van der Waals surface area contributed by atoms with Crippen LogP contribution in [0.4, 0.5) is 0 Å². The number of piperidine rings is 1. The van der Waals surface area contributed by atoms with E-state index in [0.717, 1.165) is 4.90 Å². The summed E-state index contributed by atoms with van der Waals surface area (Å²) in [7, 11) is 1.52. The lowest BCUT2D eigenvalue weighted by Gasteiger charge is -2.28. The third kappa shape index (κ3) is 3.79. The lowest BCUT2D eigenvalue weighted by Crippen LogP contribution is -2.54. The van der Waals surface area contributed by atoms with Crippen LogP contribution in [0.3, 0.4) is 0 Å². The molecule has 0 saturated carbocycles. The summed E-state index contributed by atoms with van der Waals surface area (Å²) >= 11 is 0. The Morgan fingerprint density at radius 2 is 2.29 bits per heavy atom. The molecule has 0 spiro atoms. The van der Waals surface area contributed by atoms with Crippen molar-refractivity contribution in [3.05, 3.63) is 0 Å². The third-order valence-electron chi connectivity index (χ3n) is 2.48. The average Bonchev–Trinajstić information content (AvgIpc) is 2.30. The van der Waals surface area contributed by atoms with Crippen molar-refractivity contribution in [2.45, 2.75) is 18.9 Å². The second kappa shape index (κ2) is 6.31. The highest BCUT2D eigenvalue weighted by molar-refractivity contribution is 6.03. The van der Waals surface area contributed by atoms with Gasteiger partial charge in [-0.1, -0.05) is 0 Å². The standard InChI is InChI=1S/C10H17N3O4/c1-17-5-4-12-8(14)6-13-9(15)3-2-7(11)10(13)16/h7H,2-6,11H2,1H3,(H,12,14). The highest BCUT2D eigenvalue weighted by Crippen LogP contribution is 2.10. The summed E-state index contributed by atoms with van der Waals surface area (Å²) in [6.45, 7) is 0.458. The number of nitrogens with one attached hydrogen (secondary N) is 1. The van der Waals surface area contributed by atoms with Crippen LogP contribution in [0.15, 0.2) is 0 Å².